The van der Waals surface area contributed by atoms with Crippen LogP contribution in [0.1, 0.15) is 22.5 Å². The van der Waals surface area contributed by atoms with Gasteiger partial charge in [0, 0.05) is 24.7 Å². The van der Waals surface area contributed by atoms with Gasteiger partial charge in [-0.05, 0) is 44.2 Å². The van der Waals surface area contributed by atoms with Gasteiger partial charge in [-0.1, -0.05) is 0 Å². The number of rotatable bonds is 4. The van der Waals surface area contributed by atoms with Crippen LogP contribution in [-0.4, -0.2) is 49.1 Å². The van der Waals surface area contributed by atoms with E-state index < -0.39 is 0 Å². The number of nitrogens with one attached hydrogen (secondary N) is 1. The zero-order valence-electron chi connectivity index (χ0n) is 13.4. The lowest BCUT2D eigenvalue weighted by Gasteiger charge is -2.32. The molecule has 122 valence electrons. The average molecular weight is 331 g/mol. The Morgan fingerprint density at radius 2 is 2.17 bits per heavy atom. The van der Waals surface area contributed by atoms with Crippen LogP contribution in [0.15, 0.2) is 30.5 Å². The highest BCUT2D eigenvalue weighted by atomic mass is 32.1. The first-order chi connectivity index (χ1) is 11.2. The van der Waals surface area contributed by atoms with Crippen LogP contribution < -0.4 is 10.1 Å². The SMILES string of the molecule is CNC1CCCN(C(=O)c2cnc(-c3ccc(OC)cc3)s2)C1. The van der Waals surface area contributed by atoms with Crippen LogP contribution in [0.25, 0.3) is 10.6 Å². The van der Waals surface area contributed by atoms with Crippen molar-refractivity contribution in [2.75, 3.05) is 27.2 Å². The zero-order valence-corrected chi connectivity index (χ0v) is 14.2. The summed E-state index contributed by atoms with van der Waals surface area (Å²) in [5.74, 6) is 0.898. The third-order valence-corrected chi connectivity index (χ3v) is 5.20. The van der Waals surface area contributed by atoms with E-state index in [1.807, 2.05) is 36.2 Å². The predicted octanol–water partition coefficient (Wildman–Crippen LogP) is 2.64. The first-order valence-corrected chi connectivity index (χ1v) is 8.59. The second-order valence-corrected chi connectivity index (χ2v) is 6.67. The van der Waals surface area contributed by atoms with Crippen molar-refractivity contribution in [3.05, 3.63) is 35.3 Å². The number of methoxy groups -OCH3 is 1. The van der Waals surface area contributed by atoms with Gasteiger partial charge in [0.2, 0.25) is 0 Å². The number of benzene rings is 1. The third-order valence-electron chi connectivity index (χ3n) is 4.17. The summed E-state index contributed by atoms with van der Waals surface area (Å²) in [7, 11) is 3.60. The molecule has 0 bridgehead atoms. The van der Waals surface area contributed by atoms with E-state index in [-0.39, 0.29) is 5.91 Å². The van der Waals surface area contributed by atoms with Crippen molar-refractivity contribution in [2.24, 2.45) is 0 Å². The second-order valence-electron chi connectivity index (χ2n) is 5.64. The third kappa shape index (κ3) is 3.54. The van der Waals surface area contributed by atoms with Gasteiger partial charge in [0.25, 0.3) is 5.91 Å². The molecule has 6 heteroatoms. The number of hydrogen-bond acceptors (Lipinski definition) is 5. The van der Waals surface area contributed by atoms with Gasteiger partial charge in [-0.25, -0.2) is 4.98 Å². The molecular weight excluding hydrogens is 310 g/mol. The molecule has 0 aliphatic carbocycles. The molecule has 1 fully saturated rings. The van der Waals surface area contributed by atoms with Crippen LogP contribution in [0, 0.1) is 0 Å². The standard InChI is InChI=1S/C17H21N3O2S/c1-18-13-4-3-9-20(11-13)17(21)15-10-19-16(23-15)12-5-7-14(22-2)8-6-12/h5-8,10,13,18H,3-4,9,11H2,1-2H3. The van der Waals surface area contributed by atoms with Gasteiger partial charge >= 0.3 is 0 Å². The molecule has 5 nitrogen and oxygen atoms in total. The van der Waals surface area contributed by atoms with Gasteiger partial charge in [-0.15, -0.1) is 11.3 Å². The van der Waals surface area contributed by atoms with Crippen LogP contribution in [-0.2, 0) is 0 Å². The van der Waals surface area contributed by atoms with Gasteiger partial charge in [0.15, 0.2) is 0 Å². The molecule has 1 amide bonds. The molecule has 2 aromatic rings. The summed E-state index contributed by atoms with van der Waals surface area (Å²) in [5.41, 5.74) is 1.00. The second kappa shape index (κ2) is 7.10. The number of aromatic nitrogens is 1. The predicted molar refractivity (Wildman–Crippen MR) is 92.1 cm³/mol. The Balaban J connectivity index is 1.74. The number of thiazole rings is 1. The van der Waals surface area contributed by atoms with E-state index >= 15 is 0 Å². The number of amides is 1. The molecule has 1 aromatic carbocycles. The molecule has 3 rings (SSSR count). The Morgan fingerprint density at radius 1 is 1.39 bits per heavy atom. The van der Waals surface area contributed by atoms with Crippen molar-refractivity contribution in [3.63, 3.8) is 0 Å². The van der Waals surface area contributed by atoms with Crippen LogP contribution in [0.2, 0.25) is 0 Å². The topological polar surface area (TPSA) is 54.5 Å². The fourth-order valence-corrected chi connectivity index (χ4v) is 3.68. The quantitative estimate of drug-likeness (QED) is 0.936. The van der Waals surface area contributed by atoms with Crippen molar-refractivity contribution >= 4 is 17.2 Å². The van der Waals surface area contributed by atoms with Gasteiger partial charge in [-0.3, -0.25) is 4.79 Å². The summed E-state index contributed by atoms with van der Waals surface area (Å²) in [4.78, 5) is 19.7. The number of carbonyl (C=O) groups excluding carboxylic acids is 1. The molecule has 1 saturated heterocycles. The highest BCUT2D eigenvalue weighted by molar-refractivity contribution is 7.16. The van der Waals surface area contributed by atoms with Crippen molar-refractivity contribution in [1.82, 2.24) is 15.2 Å². The first kappa shape index (κ1) is 16.0. The summed E-state index contributed by atoms with van der Waals surface area (Å²) in [6, 6.07) is 8.12. The van der Waals surface area contributed by atoms with Gasteiger partial charge < -0.3 is 15.0 Å². The highest BCUT2D eigenvalue weighted by Crippen LogP contribution is 2.28. The lowest BCUT2D eigenvalue weighted by atomic mass is 10.1. The maximum absolute atomic E-state index is 12.7. The Bertz CT molecular complexity index is 669. The molecule has 0 saturated carbocycles. The van der Waals surface area contributed by atoms with Gasteiger partial charge in [-0.2, -0.15) is 0 Å². The molecular formula is C17H21N3O2S. The normalized spacial score (nSPS) is 18.0. The minimum absolute atomic E-state index is 0.0854. The lowest BCUT2D eigenvalue weighted by Crippen LogP contribution is -2.46. The van der Waals surface area contributed by atoms with Crippen molar-refractivity contribution < 1.29 is 9.53 Å². The minimum atomic E-state index is 0.0854. The van der Waals surface area contributed by atoms with Crippen LogP contribution in [0.3, 0.4) is 0 Å². The van der Waals surface area contributed by atoms with Gasteiger partial charge in [0.1, 0.15) is 15.6 Å². The fourth-order valence-electron chi connectivity index (χ4n) is 2.79. The number of nitrogens with zero attached hydrogens (tertiary/aromatic N) is 2. The summed E-state index contributed by atoms with van der Waals surface area (Å²) >= 11 is 1.45. The van der Waals surface area contributed by atoms with Crippen LogP contribution in [0.5, 0.6) is 5.75 Å². The monoisotopic (exact) mass is 331 g/mol. The molecule has 0 radical (unpaired) electrons. The number of carbonyl (C=O) groups is 1. The number of hydrogen-bond donors (Lipinski definition) is 1. The highest BCUT2D eigenvalue weighted by Gasteiger charge is 2.25. The number of ether oxygens (including phenoxy) is 1. The zero-order chi connectivity index (χ0) is 16.2. The van der Waals surface area contributed by atoms with Gasteiger partial charge in [0.05, 0.1) is 13.3 Å². The molecule has 0 spiro atoms. The van der Waals surface area contributed by atoms with E-state index in [4.69, 9.17) is 4.74 Å². The Kier molecular flexibility index (Phi) is 4.93. The summed E-state index contributed by atoms with van der Waals surface area (Å²) in [5, 5.41) is 4.12. The van der Waals surface area contributed by atoms with Crippen molar-refractivity contribution in [3.8, 4) is 16.3 Å². The maximum Gasteiger partial charge on any atom is 0.265 e. The summed E-state index contributed by atoms with van der Waals surface area (Å²) in [6.07, 6.45) is 3.86. The fraction of sp³-hybridized carbons (Fsp3) is 0.412. The van der Waals surface area contributed by atoms with E-state index in [0.29, 0.717) is 10.9 Å². The van der Waals surface area contributed by atoms with Crippen molar-refractivity contribution in [2.45, 2.75) is 18.9 Å². The molecule has 1 unspecified atom stereocenters. The molecule has 23 heavy (non-hydrogen) atoms. The van der Waals surface area contributed by atoms with E-state index in [1.54, 1.807) is 13.3 Å². The summed E-state index contributed by atoms with van der Waals surface area (Å²) < 4.78 is 5.16. The summed E-state index contributed by atoms with van der Waals surface area (Å²) in [6.45, 7) is 1.60. The van der Waals surface area contributed by atoms with Crippen molar-refractivity contribution in [1.29, 1.82) is 0 Å². The number of piperidine rings is 1. The van der Waals surface area contributed by atoms with E-state index in [2.05, 4.69) is 10.3 Å². The molecule has 1 atom stereocenters. The molecule has 1 N–H and O–H groups in total. The Hall–Kier alpha value is -1.92. The average Bonchev–Trinajstić information content (AvgIpc) is 3.11. The Morgan fingerprint density at radius 3 is 2.87 bits per heavy atom. The smallest absolute Gasteiger partial charge is 0.265 e. The Labute approximate surface area is 140 Å². The molecule has 1 aliphatic rings. The number of likely N-dealkylation sites (tertiary alicyclic amines) is 1. The van der Waals surface area contributed by atoms with Crippen LogP contribution in [0.4, 0.5) is 0 Å². The minimum Gasteiger partial charge on any atom is -0.497 e. The molecule has 2 heterocycles. The molecule has 1 aromatic heterocycles. The first-order valence-electron chi connectivity index (χ1n) is 7.78. The van der Waals surface area contributed by atoms with E-state index in [0.717, 1.165) is 42.3 Å². The molecule has 1 aliphatic heterocycles. The maximum atomic E-state index is 12.7. The van der Waals surface area contributed by atoms with E-state index in [1.165, 1.54) is 11.3 Å². The van der Waals surface area contributed by atoms with E-state index in [9.17, 15) is 4.79 Å². The lowest BCUT2D eigenvalue weighted by molar-refractivity contribution is 0.0703. The largest absolute Gasteiger partial charge is 0.497 e. The van der Waals surface area contributed by atoms with Crippen LogP contribution >= 0.6 is 11.3 Å². The number of likely N-dealkylation sites (N-methyl/N-ethyl adjacent to an activating group) is 1.